The summed E-state index contributed by atoms with van der Waals surface area (Å²) in [4.78, 5) is 8.80. The molecule has 2 fully saturated rings. The number of alkyl halides is 1. The van der Waals surface area contributed by atoms with Gasteiger partial charge in [-0.15, -0.1) is 0 Å². The van der Waals surface area contributed by atoms with E-state index >= 15 is 0 Å². The van der Waals surface area contributed by atoms with Gasteiger partial charge in [-0.05, 0) is 50.9 Å². The first-order valence-electron chi connectivity index (χ1n) is 10.2. The molecule has 9 heteroatoms. The molecule has 3 N–H and O–H groups in total. The average Bonchev–Trinajstić information content (AvgIpc) is 3.53. The number of fused-ring (bicyclic) bond motifs is 1. The number of aromatic nitrogens is 4. The second kappa shape index (κ2) is 8.83. The highest BCUT2D eigenvalue weighted by molar-refractivity contribution is 5.64. The van der Waals surface area contributed by atoms with Gasteiger partial charge >= 0.3 is 0 Å². The van der Waals surface area contributed by atoms with Crippen LogP contribution in [0, 0.1) is 0 Å². The highest BCUT2D eigenvalue weighted by Crippen LogP contribution is 2.43. The van der Waals surface area contributed by atoms with Crippen LogP contribution in [0.25, 0.3) is 17.0 Å². The minimum absolute atomic E-state index is 0.343. The second-order valence-electron chi connectivity index (χ2n) is 7.49. The summed E-state index contributed by atoms with van der Waals surface area (Å²) in [6.45, 7) is 1.72. The molecule has 1 saturated heterocycles. The van der Waals surface area contributed by atoms with Gasteiger partial charge in [0, 0.05) is 12.0 Å². The fourth-order valence-electron chi connectivity index (χ4n) is 3.45. The fourth-order valence-corrected chi connectivity index (χ4v) is 3.45. The second-order valence-corrected chi connectivity index (χ2v) is 7.49. The SMILES string of the molecule is COc1ccc(-c2cnc3cc(OC)c(C4CC4)nn23)nc1N.FC1CCNCC1. The molecule has 8 nitrogen and oxygen atoms in total. The monoisotopic (exact) mass is 414 g/mol. The number of piperidine rings is 1. The van der Waals surface area contributed by atoms with Gasteiger partial charge in [-0.2, -0.15) is 5.10 Å². The summed E-state index contributed by atoms with van der Waals surface area (Å²) in [6, 6.07) is 5.56. The van der Waals surface area contributed by atoms with Crippen LogP contribution in [0.15, 0.2) is 24.4 Å². The van der Waals surface area contributed by atoms with E-state index < -0.39 is 6.17 Å². The van der Waals surface area contributed by atoms with Crippen molar-refractivity contribution >= 4 is 11.5 Å². The zero-order valence-corrected chi connectivity index (χ0v) is 17.3. The first kappa shape index (κ1) is 20.3. The Morgan fingerprint density at radius 2 is 1.83 bits per heavy atom. The summed E-state index contributed by atoms with van der Waals surface area (Å²) < 4.78 is 24.5. The third-order valence-corrected chi connectivity index (χ3v) is 5.31. The van der Waals surface area contributed by atoms with E-state index in [1.165, 1.54) is 0 Å². The number of hydrogen-bond acceptors (Lipinski definition) is 7. The van der Waals surface area contributed by atoms with Crippen LogP contribution in [0.4, 0.5) is 10.2 Å². The molecular weight excluding hydrogens is 387 g/mol. The Bertz CT molecular complexity index is 1010. The summed E-state index contributed by atoms with van der Waals surface area (Å²) in [7, 11) is 3.23. The summed E-state index contributed by atoms with van der Waals surface area (Å²) in [5.41, 5.74) is 9.10. The summed E-state index contributed by atoms with van der Waals surface area (Å²) in [5, 5.41) is 7.81. The van der Waals surface area contributed by atoms with Crippen LogP contribution < -0.4 is 20.5 Å². The lowest BCUT2D eigenvalue weighted by Gasteiger charge is -2.14. The van der Waals surface area contributed by atoms with Crippen LogP contribution in [0.1, 0.15) is 37.3 Å². The Balaban J connectivity index is 0.000000265. The molecule has 0 atom stereocenters. The lowest BCUT2D eigenvalue weighted by atomic mass is 10.1. The number of nitrogens with one attached hydrogen (secondary N) is 1. The van der Waals surface area contributed by atoms with Crippen molar-refractivity contribution in [3.8, 4) is 22.9 Å². The van der Waals surface area contributed by atoms with Crippen LogP contribution in [-0.2, 0) is 0 Å². The Morgan fingerprint density at radius 1 is 1.10 bits per heavy atom. The molecule has 1 aliphatic heterocycles. The van der Waals surface area contributed by atoms with E-state index in [0.29, 0.717) is 36.0 Å². The van der Waals surface area contributed by atoms with Gasteiger partial charge in [-0.3, -0.25) is 0 Å². The number of anilines is 1. The largest absolute Gasteiger partial charge is 0.495 e. The van der Waals surface area contributed by atoms with Crippen LogP contribution in [-0.4, -0.2) is 53.1 Å². The first-order valence-corrected chi connectivity index (χ1v) is 10.2. The van der Waals surface area contributed by atoms with Gasteiger partial charge in [0.25, 0.3) is 0 Å². The number of pyridine rings is 1. The van der Waals surface area contributed by atoms with Crippen molar-refractivity contribution in [2.75, 3.05) is 33.0 Å². The summed E-state index contributed by atoms with van der Waals surface area (Å²) in [5.74, 6) is 2.16. The molecule has 5 rings (SSSR count). The standard InChI is InChI=1S/C16H17N5O2.C5H10FN/c1-22-12-6-5-10(19-16(12)17)11-8-18-14-7-13(23-2)15(9-3-4-9)20-21(11)14;6-5-1-3-7-4-2-5/h5-9H,3-4H2,1-2H3,(H2,17,19);5,7H,1-4H2. The highest BCUT2D eigenvalue weighted by Gasteiger charge is 2.29. The smallest absolute Gasteiger partial charge is 0.166 e. The normalized spacial score (nSPS) is 16.8. The van der Waals surface area contributed by atoms with Crippen LogP contribution in [0.3, 0.4) is 0 Å². The molecule has 2 aliphatic rings. The molecule has 0 amide bonds. The van der Waals surface area contributed by atoms with E-state index in [-0.39, 0.29) is 0 Å². The number of nitrogens with zero attached hydrogens (tertiary/aromatic N) is 4. The third kappa shape index (κ3) is 4.30. The van der Waals surface area contributed by atoms with Gasteiger partial charge in [0.05, 0.1) is 26.1 Å². The molecule has 0 radical (unpaired) electrons. The Hall–Kier alpha value is -2.94. The highest BCUT2D eigenvalue weighted by atomic mass is 19.1. The molecule has 0 spiro atoms. The topological polar surface area (TPSA) is 99.6 Å². The summed E-state index contributed by atoms with van der Waals surface area (Å²) >= 11 is 0. The van der Waals surface area contributed by atoms with Crippen molar-refractivity contribution in [1.29, 1.82) is 0 Å². The van der Waals surface area contributed by atoms with Crippen LogP contribution >= 0.6 is 0 Å². The molecule has 30 heavy (non-hydrogen) atoms. The zero-order chi connectivity index (χ0) is 21.1. The van der Waals surface area contributed by atoms with Gasteiger partial charge in [0.2, 0.25) is 0 Å². The van der Waals surface area contributed by atoms with Gasteiger partial charge in [-0.25, -0.2) is 18.9 Å². The number of rotatable bonds is 4. The average molecular weight is 414 g/mol. The minimum Gasteiger partial charge on any atom is -0.495 e. The number of ether oxygens (including phenoxy) is 2. The maximum absolute atomic E-state index is 12.1. The van der Waals surface area contributed by atoms with Crippen molar-refractivity contribution in [2.45, 2.75) is 37.8 Å². The van der Waals surface area contributed by atoms with Crippen molar-refractivity contribution in [2.24, 2.45) is 0 Å². The third-order valence-electron chi connectivity index (χ3n) is 5.31. The van der Waals surface area contributed by atoms with Crippen molar-refractivity contribution in [3.05, 3.63) is 30.1 Å². The number of halogens is 1. The van der Waals surface area contributed by atoms with E-state index in [2.05, 4.69) is 15.3 Å². The predicted octanol–water partition coefficient (Wildman–Crippen LogP) is 2.98. The van der Waals surface area contributed by atoms with Crippen molar-refractivity contribution < 1.29 is 13.9 Å². The van der Waals surface area contributed by atoms with Crippen LogP contribution in [0.5, 0.6) is 11.5 Å². The molecule has 0 bridgehead atoms. The Labute approximate surface area is 174 Å². The Kier molecular flexibility index (Phi) is 5.98. The van der Waals surface area contributed by atoms with E-state index in [4.69, 9.17) is 20.3 Å². The molecule has 4 heterocycles. The lowest BCUT2D eigenvalue weighted by molar-refractivity contribution is 0.262. The predicted molar refractivity (Wildman–Crippen MR) is 113 cm³/mol. The van der Waals surface area contributed by atoms with E-state index in [1.807, 2.05) is 12.1 Å². The molecule has 0 unspecified atom stereocenters. The van der Waals surface area contributed by atoms with E-state index in [9.17, 15) is 4.39 Å². The number of imidazole rings is 1. The zero-order valence-electron chi connectivity index (χ0n) is 17.3. The molecule has 3 aromatic rings. The number of hydrogen-bond donors (Lipinski definition) is 2. The molecular formula is C21H27FN6O2. The minimum atomic E-state index is -0.527. The van der Waals surface area contributed by atoms with Gasteiger partial charge in [-0.1, -0.05) is 0 Å². The molecule has 3 aromatic heterocycles. The van der Waals surface area contributed by atoms with Crippen molar-refractivity contribution in [1.82, 2.24) is 24.9 Å². The quantitative estimate of drug-likeness (QED) is 0.677. The van der Waals surface area contributed by atoms with Crippen molar-refractivity contribution in [3.63, 3.8) is 0 Å². The Morgan fingerprint density at radius 3 is 2.40 bits per heavy atom. The van der Waals surface area contributed by atoms with Gasteiger partial charge in [0.15, 0.2) is 17.2 Å². The maximum atomic E-state index is 12.1. The number of nitrogen functional groups attached to an aromatic ring is 1. The number of nitrogens with two attached hydrogens (primary N) is 1. The lowest BCUT2D eigenvalue weighted by Crippen LogP contribution is -2.28. The van der Waals surface area contributed by atoms with E-state index in [0.717, 1.165) is 48.7 Å². The fraction of sp³-hybridized carbons (Fsp3) is 0.476. The molecule has 1 saturated carbocycles. The van der Waals surface area contributed by atoms with Gasteiger partial charge < -0.3 is 20.5 Å². The van der Waals surface area contributed by atoms with Gasteiger partial charge in [0.1, 0.15) is 23.3 Å². The van der Waals surface area contributed by atoms with E-state index in [1.54, 1.807) is 31.0 Å². The summed E-state index contributed by atoms with van der Waals surface area (Å²) in [6.07, 6.45) is 4.92. The first-order chi connectivity index (χ1) is 14.6. The number of methoxy groups -OCH3 is 2. The molecule has 0 aromatic carbocycles. The molecule has 160 valence electrons. The maximum Gasteiger partial charge on any atom is 0.166 e. The molecule has 1 aliphatic carbocycles. The van der Waals surface area contributed by atoms with Crippen LogP contribution in [0.2, 0.25) is 0 Å².